The van der Waals surface area contributed by atoms with Gasteiger partial charge in [-0.05, 0) is 26.0 Å². The number of sulfone groups is 1. The number of hydrogen-bond donors (Lipinski definition) is 1. The molecule has 0 aromatic carbocycles. The van der Waals surface area contributed by atoms with Crippen LogP contribution in [-0.4, -0.2) is 59.9 Å². The number of amides is 1. The summed E-state index contributed by atoms with van der Waals surface area (Å²) in [5, 5.41) is 8.78. The normalized spacial score (nSPS) is 11.4. The van der Waals surface area contributed by atoms with Crippen LogP contribution < -0.4 is 0 Å². The van der Waals surface area contributed by atoms with Gasteiger partial charge in [0.25, 0.3) is 5.91 Å². The number of aromatic carboxylic acids is 1. The van der Waals surface area contributed by atoms with Crippen molar-refractivity contribution in [3.8, 4) is 0 Å². The Morgan fingerprint density at radius 1 is 1.33 bits per heavy atom. The molecule has 8 heteroatoms. The van der Waals surface area contributed by atoms with Crippen molar-refractivity contribution in [2.75, 3.05) is 18.6 Å². The van der Waals surface area contributed by atoms with E-state index in [1.165, 1.54) is 17.0 Å². The summed E-state index contributed by atoms with van der Waals surface area (Å²) in [5.74, 6) is -1.69. The van der Waals surface area contributed by atoms with Gasteiger partial charge in [0, 0.05) is 25.0 Å². The zero-order valence-corrected chi connectivity index (χ0v) is 12.9. The Kier molecular flexibility index (Phi) is 5.42. The fourth-order valence-electron chi connectivity index (χ4n) is 1.65. The molecule has 1 aromatic rings. The predicted molar refractivity (Wildman–Crippen MR) is 77.1 cm³/mol. The van der Waals surface area contributed by atoms with E-state index >= 15 is 0 Å². The highest BCUT2D eigenvalue weighted by Gasteiger charge is 2.21. The monoisotopic (exact) mass is 314 g/mol. The maximum Gasteiger partial charge on any atom is 0.337 e. The van der Waals surface area contributed by atoms with Crippen LogP contribution in [0.1, 0.15) is 34.7 Å². The lowest BCUT2D eigenvalue weighted by Gasteiger charge is -2.26. The second kappa shape index (κ2) is 6.66. The smallest absolute Gasteiger partial charge is 0.337 e. The Morgan fingerprint density at radius 2 is 1.95 bits per heavy atom. The third-order valence-electron chi connectivity index (χ3n) is 2.82. The first-order valence-electron chi connectivity index (χ1n) is 6.30. The molecule has 0 atom stereocenters. The van der Waals surface area contributed by atoms with Gasteiger partial charge in [0.1, 0.15) is 15.5 Å². The number of aromatic nitrogens is 1. The van der Waals surface area contributed by atoms with Crippen LogP contribution in [0.4, 0.5) is 0 Å². The Labute approximate surface area is 123 Å². The van der Waals surface area contributed by atoms with Crippen LogP contribution in [0, 0.1) is 0 Å². The molecule has 0 fully saturated rings. The lowest BCUT2D eigenvalue weighted by atomic mass is 10.2. The van der Waals surface area contributed by atoms with Gasteiger partial charge in [0.2, 0.25) is 0 Å². The van der Waals surface area contributed by atoms with Crippen LogP contribution >= 0.6 is 0 Å². The Balaban J connectivity index is 2.92. The summed E-state index contributed by atoms with van der Waals surface area (Å²) >= 11 is 0. The van der Waals surface area contributed by atoms with E-state index in [2.05, 4.69) is 4.98 Å². The fraction of sp³-hybridized carbons (Fsp3) is 0.462. The topological polar surface area (TPSA) is 105 Å². The molecule has 0 unspecified atom stereocenters. The highest BCUT2D eigenvalue weighted by Crippen LogP contribution is 2.08. The highest BCUT2D eigenvalue weighted by molar-refractivity contribution is 7.90. The average Bonchev–Trinajstić information content (AvgIpc) is 2.37. The summed E-state index contributed by atoms with van der Waals surface area (Å²) in [7, 11) is -3.18. The first-order chi connectivity index (χ1) is 9.61. The van der Waals surface area contributed by atoms with E-state index in [-0.39, 0.29) is 29.6 Å². The van der Waals surface area contributed by atoms with E-state index in [0.29, 0.717) is 0 Å². The largest absolute Gasteiger partial charge is 0.478 e. The van der Waals surface area contributed by atoms with Crippen LogP contribution in [0.3, 0.4) is 0 Å². The quantitative estimate of drug-likeness (QED) is 0.827. The maximum absolute atomic E-state index is 12.3. The fourth-order valence-corrected chi connectivity index (χ4v) is 2.18. The summed E-state index contributed by atoms with van der Waals surface area (Å²) < 4.78 is 22.4. The summed E-state index contributed by atoms with van der Waals surface area (Å²) in [6.07, 6.45) is 2.21. The molecule has 0 radical (unpaired) electrons. The molecule has 116 valence electrons. The first-order valence-corrected chi connectivity index (χ1v) is 8.36. The SMILES string of the molecule is CC(C)N(CCS(C)(=O)=O)C(=O)c1ccc(C(=O)O)cn1. The number of carbonyl (C=O) groups excluding carboxylic acids is 1. The van der Waals surface area contributed by atoms with Crippen LogP contribution in [0.15, 0.2) is 18.3 Å². The van der Waals surface area contributed by atoms with Crippen molar-refractivity contribution in [2.45, 2.75) is 19.9 Å². The van der Waals surface area contributed by atoms with Crippen molar-refractivity contribution in [1.82, 2.24) is 9.88 Å². The lowest BCUT2D eigenvalue weighted by Crippen LogP contribution is -2.40. The summed E-state index contributed by atoms with van der Waals surface area (Å²) in [5.41, 5.74) is 0.0704. The molecule has 0 aliphatic rings. The minimum Gasteiger partial charge on any atom is -0.478 e. The van der Waals surface area contributed by atoms with E-state index < -0.39 is 21.7 Å². The van der Waals surface area contributed by atoms with E-state index in [1.54, 1.807) is 13.8 Å². The predicted octanol–water partition coefficient (Wildman–Crippen LogP) is 0.675. The van der Waals surface area contributed by atoms with E-state index in [0.717, 1.165) is 12.5 Å². The second-order valence-electron chi connectivity index (χ2n) is 4.96. The minimum absolute atomic E-state index is 0.0150. The van der Waals surface area contributed by atoms with Gasteiger partial charge in [0.15, 0.2) is 0 Å². The first kappa shape index (κ1) is 17.1. The molecule has 1 N–H and O–H groups in total. The molecule has 0 saturated heterocycles. The molecule has 1 amide bonds. The Hall–Kier alpha value is -1.96. The Morgan fingerprint density at radius 3 is 2.33 bits per heavy atom. The van der Waals surface area contributed by atoms with Gasteiger partial charge >= 0.3 is 5.97 Å². The van der Waals surface area contributed by atoms with E-state index in [4.69, 9.17) is 5.11 Å². The Bertz CT molecular complexity index is 622. The number of hydrogen-bond acceptors (Lipinski definition) is 5. The zero-order chi connectivity index (χ0) is 16.2. The summed E-state index contributed by atoms with van der Waals surface area (Å²) in [6.45, 7) is 3.61. The number of nitrogens with zero attached hydrogens (tertiary/aromatic N) is 2. The summed E-state index contributed by atoms with van der Waals surface area (Å²) in [6, 6.07) is 2.42. The maximum atomic E-state index is 12.3. The van der Waals surface area contributed by atoms with E-state index in [9.17, 15) is 18.0 Å². The van der Waals surface area contributed by atoms with Crippen molar-refractivity contribution in [3.05, 3.63) is 29.6 Å². The van der Waals surface area contributed by atoms with Crippen molar-refractivity contribution in [1.29, 1.82) is 0 Å². The van der Waals surface area contributed by atoms with Crippen molar-refractivity contribution in [3.63, 3.8) is 0 Å². The third-order valence-corrected chi connectivity index (χ3v) is 3.74. The van der Waals surface area contributed by atoms with Gasteiger partial charge in [-0.2, -0.15) is 0 Å². The molecule has 0 bridgehead atoms. The molecular weight excluding hydrogens is 296 g/mol. The molecule has 0 saturated carbocycles. The standard InChI is InChI=1S/C13H18N2O5S/c1-9(2)15(6-7-21(3,19)20)12(16)11-5-4-10(8-14-11)13(17)18/h4-5,8-9H,6-7H2,1-3H3,(H,17,18). The van der Waals surface area contributed by atoms with Crippen LogP contribution in [0.25, 0.3) is 0 Å². The number of carbonyl (C=O) groups is 2. The molecule has 0 aliphatic carbocycles. The summed E-state index contributed by atoms with van der Waals surface area (Å²) in [4.78, 5) is 28.3. The van der Waals surface area contributed by atoms with E-state index in [1.807, 2.05) is 0 Å². The van der Waals surface area contributed by atoms with Crippen LogP contribution in [0.5, 0.6) is 0 Å². The van der Waals surface area contributed by atoms with Crippen LogP contribution in [-0.2, 0) is 9.84 Å². The van der Waals surface area contributed by atoms with Crippen molar-refractivity contribution >= 4 is 21.7 Å². The molecule has 7 nitrogen and oxygen atoms in total. The molecule has 1 aromatic heterocycles. The number of pyridine rings is 1. The molecule has 0 spiro atoms. The number of carboxylic acids is 1. The molecule has 21 heavy (non-hydrogen) atoms. The van der Waals surface area contributed by atoms with Crippen molar-refractivity contribution < 1.29 is 23.1 Å². The zero-order valence-electron chi connectivity index (χ0n) is 12.1. The van der Waals surface area contributed by atoms with Crippen molar-refractivity contribution in [2.24, 2.45) is 0 Å². The third kappa shape index (κ3) is 5.14. The average molecular weight is 314 g/mol. The lowest BCUT2D eigenvalue weighted by molar-refractivity contribution is 0.0686. The van der Waals surface area contributed by atoms with Gasteiger partial charge in [0.05, 0.1) is 11.3 Å². The highest BCUT2D eigenvalue weighted by atomic mass is 32.2. The molecule has 1 heterocycles. The van der Waals surface area contributed by atoms with Gasteiger partial charge in [-0.15, -0.1) is 0 Å². The molecular formula is C13H18N2O5S. The van der Waals surface area contributed by atoms with Gasteiger partial charge in [-0.3, -0.25) is 9.78 Å². The van der Waals surface area contributed by atoms with Gasteiger partial charge in [-0.1, -0.05) is 0 Å². The van der Waals surface area contributed by atoms with Gasteiger partial charge in [-0.25, -0.2) is 13.2 Å². The van der Waals surface area contributed by atoms with Crippen LogP contribution in [0.2, 0.25) is 0 Å². The molecule has 0 aliphatic heterocycles. The second-order valence-corrected chi connectivity index (χ2v) is 7.22. The number of carboxylic acid groups (broad SMARTS) is 1. The number of rotatable bonds is 6. The molecule has 1 rings (SSSR count). The van der Waals surface area contributed by atoms with Gasteiger partial charge < -0.3 is 10.0 Å². The minimum atomic E-state index is -3.18.